The van der Waals surface area contributed by atoms with Crippen LogP contribution in [0.5, 0.6) is 0 Å². The molecule has 0 fully saturated rings. The highest BCUT2D eigenvalue weighted by Crippen LogP contribution is 2.29. The zero-order valence-electron chi connectivity index (χ0n) is 12.3. The van der Waals surface area contributed by atoms with Crippen LogP contribution in [0.1, 0.15) is 10.4 Å². The number of benzene rings is 2. The third kappa shape index (κ3) is 3.13. The first-order valence-electron chi connectivity index (χ1n) is 6.90. The molecule has 0 radical (unpaired) electrons. The van der Waals surface area contributed by atoms with Gasteiger partial charge in [-0.3, -0.25) is 9.52 Å². The first-order valence-corrected chi connectivity index (χ1v) is 8.38. The lowest BCUT2D eigenvalue weighted by molar-refractivity contribution is 0.1000. The van der Waals surface area contributed by atoms with Gasteiger partial charge in [0.15, 0.2) is 5.76 Å². The van der Waals surface area contributed by atoms with Gasteiger partial charge in [0, 0.05) is 11.1 Å². The van der Waals surface area contributed by atoms with Crippen LogP contribution in [0.15, 0.2) is 70.2 Å². The van der Waals surface area contributed by atoms with Gasteiger partial charge in [-0.15, -0.1) is 0 Å². The van der Waals surface area contributed by atoms with Crippen molar-refractivity contribution < 1.29 is 17.7 Å². The first kappa shape index (κ1) is 15.8. The highest BCUT2D eigenvalue weighted by atomic mass is 32.2. The molecule has 8 heteroatoms. The normalized spacial score (nSPS) is 11.2. The minimum atomic E-state index is -3.93. The van der Waals surface area contributed by atoms with Crippen LogP contribution in [0.3, 0.4) is 0 Å². The van der Waals surface area contributed by atoms with Crippen LogP contribution >= 0.6 is 0 Å². The van der Waals surface area contributed by atoms with E-state index in [9.17, 15) is 13.2 Å². The molecule has 0 unspecified atom stereocenters. The number of sulfonamides is 1. The number of aromatic nitrogens is 1. The number of carbonyl (C=O) groups excluding carboxylic acids is 1. The lowest BCUT2D eigenvalue weighted by Crippen LogP contribution is -2.15. The molecule has 1 heterocycles. The molecule has 0 saturated carbocycles. The van der Waals surface area contributed by atoms with E-state index in [0.717, 1.165) is 0 Å². The summed E-state index contributed by atoms with van der Waals surface area (Å²) in [6.07, 6.45) is 1.28. The largest absolute Gasteiger partial charge is 0.366 e. The Morgan fingerprint density at radius 3 is 2.54 bits per heavy atom. The Hall–Kier alpha value is -3.13. The molecule has 3 N–H and O–H groups in total. The summed E-state index contributed by atoms with van der Waals surface area (Å²) in [5.74, 6) is -0.410. The molecule has 0 aliphatic heterocycles. The second kappa shape index (κ2) is 6.17. The van der Waals surface area contributed by atoms with Gasteiger partial charge in [0.25, 0.3) is 10.0 Å². The molecule has 122 valence electrons. The van der Waals surface area contributed by atoms with Crippen LogP contribution < -0.4 is 10.5 Å². The number of nitrogens with zero attached hydrogens (tertiary/aromatic N) is 1. The van der Waals surface area contributed by atoms with Gasteiger partial charge in [-0.2, -0.15) is 0 Å². The van der Waals surface area contributed by atoms with Gasteiger partial charge >= 0.3 is 0 Å². The van der Waals surface area contributed by atoms with Gasteiger partial charge in [-0.05, 0) is 18.2 Å². The summed E-state index contributed by atoms with van der Waals surface area (Å²) in [7, 11) is -3.93. The summed E-state index contributed by atoms with van der Waals surface area (Å²) in [5.41, 5.74) is 6.17. The number of primary amides is 1. The van der Waals surface area contributed by atoms with Gasteiger partial charge in [0.1, 0.15) is 5.69 Å². The Labute approximate surface area is 138 Å². The van der Waals surface area contributed by atoms with Crippen LogP contribution in [-0.2, 0) is 10.0 Å². The fraction of sp³-hybridized carbons (Fsp3) is 0. The third-order valence-corrected chi connectivity index (χ3v) is 4.64. The van der Waals surface area contributed by atoms with E-state index < -0.39 is 15.9 Å². The molecule has 2 aromatic carbocycles. The summed E-state index contributed by atoms with van der Waals surface area (Å²) in [5, 5.41) is 3.65. The van der Waals surface area contributed by atoms with Crippen molar-refractivity contribution in [2.24, 2.45) is 5.73 Å². The molecule has 3 aromatic rings. The fourth-order valence-corrected chi connectivity index (χ4v) is 3.22. The van der Waals surface area contributed by atoms with Crippen LogP contribution in [0.2, 0.25) is 0 Å². The number of nitrogens with one attached hydrogen (secondary N) is 1. The lowest BCUT2D eigenvalue weighted by Gasteiger charge is -2.08. The van der Waals surface area contributed by atoms with Crippen molar-refractivity contribution in [2.45, 2.75) is 4.90 Å². The number of carbonyl (C=O) groups is 1. The summed E-state index contributed by atoms with van der Waals surface area (Å²) in [6.45, 7) is 0. The molecule has 0 saturated heterocycles. The smallest absolute Gasteiger partial charge is 0.262 e. The highest BCUT2D eigenvalue weighted by molar-refractivity contribution is 7.92. The van der Waals surface area contributed by atoms with E-state index in [-0.39, 0.29) is 16.1 Å². The van der Waals surface area contributed by atoms with E-state index >= 15 is 0 Å². The number of amides is 1. The van der Waals surface area contributed by atoms with Gasteiger partial charge < -0.3 is 10.3 Å². The standard InChI is InChI=1S/C16H13N3O4S/c17-16(20)12-7-4-8-13(9-12)24(21,22)19-14-10-18-23-15(14)11-5-2-1-3-6-11/h1-10,19H,(H2,17,20). The molecule has 24 heavy (non-hydrogen) atoms. The average Bonchev–Trinajstić information content (AvgIpc) is 3.03. The lowest BCUT2D eigenvalue weighted by atomic mass is 10.1. The second-order valence-corrected chi connectivity index (χ2v) is 6.61. The zero-order valence-corrected chi connectivity index (χ0v) is 13.2. The third-order valence-electron chi connectivity index (χ3n) is 3.28. The minimum absolute atomic E-state index is 0.0842. The Morgan fingerprint density at radius 2 is 1.83 bits per heavy atom. The monoisotopic (exact) mass is 343 g/mol. The topological polar surface area (TPSA) is 115 Å². The van der Waals surface area contributed by atoms with Crippen molar-refractivity contribution in [1.82, 2.24) is 5.16 Å². The number of nitrogens with two attached hydrogens (primary N) is 1. The molecule has 0 aliphatic rings. The van der Waals surface area contributed by atoms with E-state index in [4.69, 9.17) is 10.3 Å². The van der Waals surface area contributed by atoms with Crippen molar-refractivity contribution >= 4 is 21.6 Å². The summed E-state index contributed by atoms with van der Waals surface area (Å²) < 4.78 is 32.6. The highest BCUT2D eigenvalue weighted by Gasteiger charge is 2.20. The number of hydrogen-bond acceptors (Lipinski definition) is 5. The van der Waals surface area contributed by atoms with E-state index in [0.29, 0.717) is 11.3 Å². The van der Waals surface area contributed by atoms with Crippen molar-refractivity contribution in [3.63, 3.8) is 0 Å². The second-order valence-electron chi connectivity index (χ2n) is 4.93. The quantitative estimate of drug-likeness (QED) is 0.737. The van der Waals surface area contributed by atoms with Gasteiger partial charge in [0.05, 0.1) is 11.1 Å². The first-order chi connectivity index (χ1) is 11.5. The van der Waals surface area contributed by atoms with Gasteiger partial charge in [-0.25, -0.2) is 8.42 Å². The Kier molecular flexibility index (Phi) is 4.05. The molecule has 0 bridgehead atoms. The van der Waals surface area contributed by atoms with E-state index in [1.165, 1.54) is 30.5 Å². The summed E-state index contributed by atoms with van der Waals surface area (Å²) in [4.78, 5) is 11.1. The Morgan fingerprint density at radius 1 is 1.08 bits per heavy atom. The summed E-state index contributed by atoms with van der Waals surface area (Å²) in [6, 6.07) is 14.4. The predicted octanol–water partition coefficient (Wildman–Crippen LogP) is 2.24. The van der Waals surface area contributed by atoms with Crippen molar-refractivity contribution in [2.75, 3.05) is 4.72 Å². The molecule has 3 rings (SSSR count). The Balaban J connectivity index is 1.96. The summed E-state index contributed by atoms with van der Waals surface area (Å²) >= 11 is 0. The molecule has 1 amide bonds. The van der Waals surface area contributed by atoms with Gasteiger partial charge in [0.2, 0.25) is 5.91 Å². The zero-order chi connectivity index (χ0) is 17.2. The van der Waals surface area contributed by atoms with Gasteiger partial charge in [-0.1, -0.05) is 41.6 Å². The van der Waals surface area contributed by atoms with Crippen molar-refractivity contribution in [3.8, 4) is 11.3 Å². The van der Waals surface area contributed by atoms with Crippen LogP contribution in [0.25, 0.3) is 11.3 Å². The van der Waals surface area contributed by atoms with Crippen molar-refractivity contribution in [3.05, 3.63) is 66.4 Å². The molecule has 7 nitrogen and oxygen atoms in total. The molecule has 0 spiro atoms. The molecular formula is C16H13N3O4S. The Bertz CT molecular complexity index is 981. The van der Waals surface area contributed by atoms with Crippen LogP contribution in [0.4, 0.5) is 5.69 Å². The fourth-order valence-electron chi connectivity index (χ4n) is 2.13. The molecule has 0 atom stereocenters. The SMILES string of the molecule is NC(=O)c1cccc(S(=O)(=O)Nc2cnoc2-c2ccccc2)c1. The van der Waals surface area contributed by atoms with Crippen LogP contribution in [-0.4, -0.2) is 19.5 Å². The number of hydrogen-bond donors (Lipinski definition) is 2. The van der Waals surface area contributed by atoms with E-state index in [2.05, 4.69) is 9.88 Å². The molecular weight excluding hydrogens is 330 g/mol. The van der Waals surface area contributed by atoms with E-state index in [1.807, 2.05) is 6.07 Å². The van der Waals surface area contributed by atoms with E-state index in [1.54, 1.807) is 24.3 Å². The minimum Gasteiger partial charge on any atom is -0.366 e. The maximum Gasteiger partial charge on any atom is 0.262 e. The number of rotatable bonds is 5. The maximum atomic E-state index is 12.5. The predicted molar refractivity (Wildman–Crippen MR) is 87.7 cm³/mol. The molecule has 1 aromatic heterocycles. The number of anilines is 1. The molecule has 0 aliphatic carbocycles. The van der Waals surface area contributed by atoms with Crippen LogP contribution in [0, 0.1) is 0 Å². The average molecular weight is 343 g/mol. The van der Waals surface area contributed by atoms with Crippen molar-refractivity contribution in [1.29, 1.82) is 0 Å². The maximum absolute atomic E-state index is 12.5.